The third-order valence-electron chi connectivity index (χ3n) is 2.68. The Balaban J connectivity index is 2.57. The first-order valence-electron chi connectivity index (χ1n) is 4.00. The van der Waals surface area contributed by atoms with Gasteiger partial charge in [0.25, 0.3) is 0 Å². The lowest BCUT2D eigenvalue weighted by molar-refractivity contribution is 0.0818. The highest BCUT2D eigenvalue weighted by molar-refractivity contribution is 4.95. The summed E-state index contributed by atoms with van der Waals surface area (Å²) in [7, 11) is 0. The molecule has 1 fully saturated rings. The van der Waals surface area contributed by atoms with Gasteiger partial charge in [0.15, 0.2) is 0 Å². The SMILES string of the molecule is C=CC(O)C1(C)CCCC1. The van der Waals surface area contributed by atoms with E-state index < -0.39 is 0 Å². The topological polar surface area (TPSA) is 20.2 Å². The normalized spacial score (nSPS) is 26.2. The van der Waals surface area contributed by atoms with Gasteiger partial charge in [-0.1, -0.05) is 25.8 Å². The maximum absolute atomic E-state index is 9.50. The Morgan fingerprint density at radius 3 is 2.40 bits per heavy atom. The minimum absolute atomic E-state index is 0.141. The van der Waals surface area contributed by atoms with Gasteiger partial charge in [0.05, 0.1) is 6.10 Å². The molecule has 1 unspecified atom stereocenters. The van der Waals surface area contributed by atoms with E-state index in [1.807, 2.05) is 0 Å². The Morgan fingerprint density at radius 2 is 2.00 bits per heavy atom. The van der Waals surface area contributed by atoms with Gasteiger partial charge in [0.1, 0.15) is 0 Å². The largest absolute Gasteiger partial charge is 0.388 e. The molecule has 1 rings (SSSR count). The number of rotatable bonds is 2. The minimum atomic E-state index is -0.296. The molecule has 1 nitrogen and oxygen atoms in total. The van der Waals surface area contributed by atoms with Crippen LogP contribution in [0.1, 0.15) is 32.6 Å². The van der Waals surface area contributed by atoms with Crippen molar-refractivity contribution in [1.82, 2.24) is 0 Å². The molecular weight excluding hydrogens is 124 g/mol. The molecule has 1 atom stereocenters. The molecule has 1 aliphatic carbocycles. The van der Waals surface area contributed by atoms with Crippen molar-refractivity contribution in [2.24, 2.45) is 5.41 Å². The van der Waals surface area contributed by atoms with E-state index in [4.69, 9.17) is 0 Å². The molecule has 0 spiro atoms. The van der Waals surface area contributed by atoms with Crippen LogP contribution in [-0.2, 0) is 0 Å². The summed E-state index contributed by atoms with van der Waals surface area (Å²) in [6, 6.07) is 0. The monoisotopic (exact) mass is 140 g/mol. The molecule has 0 aromatic heterocycles. The molecule has 0 bridgehead atoms. The Morgan fingerprint density at radius 1 is 1.50 bits per heavy atom. The van der Waals surface area contributed by atoms with Crippen LogP contribution in [0.25, 0.3) is 0 Å². The summed E-state index contributed by atoms with van der Waals surface area (Å²) < 4.78 is 0. The van der Waals surface area contributed by atoms with E-state index in [1.165, 1.54) is 12.8 Å². The van der Waals surface area contributed by atoms with Crippen molar-refractivity contribution in [3.05, 3.63) is 12.7 Å². The average molecular weight is 140 g/mol. The Hall–Kier alpha value is -0.300. The first kappa shape index (κ1) is 7.80. The highest BCUT2D eigenvalue weighted by Gasteiger charge is 2.33. The summed E-state index contributed by atoms with van der Waals surface area (Å²) in [5, 5.41) is 9.50. The van der Waals surface area contributed by atoms with E-state index >= 15 is 0 Å². The zero-order valence-electron chi connectivity index (χ0n) is 6.64. The van der Waals surface area contributed by atoms with Crippen LogP contribution in [0.2, 0.25) is 0 Å². The number of aliphatic hydroxyl groups excluding tert-OH is 1. The van der Waals surface area contributed by atoms with Crippen LogP contribution in [0.3, 0.4) is 0 Å². The van der Waals surface area contributed by atoms with Crippen molar-refractivity contribution in [2.75, 3.05) is 0 Å². The van der Waals surface area contributed by atoms with Crippen LogP contribution >= 0.6 is 0 Å². The van der Waals surface area contributed by atoms with Crippen molar-refractivity contribution >= 4 is 0 Å². The summed E-state index contributed by atoms with van der Waals surface area (Å²) in [6.45, 7) is 5.75. The fourth-order valence-corrected chi connectivity index (χ4v) is 1.76. The third kappa shape index (κ3) is 1.24. The van der Waals surface area contributed by atoms with Gasteiger partial charge in [-0.3, -0.25) is 0 Å². The highest BCUT2D eigenvalue weighted by Crippen LogP contribution is 2.40. The fraction of sp³-hybridized carbons (Fsp3) is 0.778. The van der Waals surface area contributed by atoms with Crippen molar-refractivity contribution in [3.63, 3.8) is 0 Å². The Kier molecular flexibility index (Phi) is 2.14. The van der Waals surface area contributed by atoms with Crippen molar-refractivity contribution in [1.29, 1.82) is 0 Å². The molecule has 0 aromatic rings. The summed E-state index contributed by atoms with van der Waals surface area (Å²) in [5.41, 5.74) is 0.141. The van der Waals surface area contributed by atoms with Gasteiger partial charge in [-0.2, -0.15) is 0 Å². The molecule has 1 aliphatic rings. The number of hydrogen-bond donors (Lipinski definition) is 1. The predicted molar refractivity (Wildman–Crippen MR) is 42.8 cm³/mol. The van der Waals surface area contributed by atoms with E-state index in [0.717, 1.165) is 12.8 Å². The van der Waals surface area contributed by atoms with Crippen LogP contribution in [0.5, 0.6) is 0 Å². The highest BCUT2D eigenvalue weighted by atomic mass is 16.3. The molecule has 0 aliphatic heterocycles. The molecule has 10 heavy (non-hydrogen) atoms. The molecule has 0 heterocycles. The predicted octanol–water partition coefficient (Wildman–Crippen LogP) is 2.11. The van der Waals surface area contributed by atoms with Crippen LogP contribution in [0.15, 0.2) is 12.7 Å². The van der Waals surface area contributed by atoms with Crippen molar-refractivity contribution < 1.29 is 5.11 Å². The molecule has 1 saturated carbocycles. The Bertz CT molecular complexity index is 123. The Labute approximate surface area is 62.8 Å². The molecule has 1 N–H and O–H groups in total. The lowest BCUT2D eigenvalue weighted by Gasteiger charge is -2.27. The number of aliphatic hydroxyl groups is 1. The lowest BCUT2D eigenvalue weighted by Crippen LogP contribution is -2.26. The second-order valence-electron chi connectivity index (χ2n) is 3.54. The van der Waals surface area contributed by atoms with E-state index in [0.29, 0.717) is 0 Å². The standard InChI is InChI=1S/C9H16O/c1-3-8(10)9(2)6-4-5-7-9/h3,8,10H,1,4-7H2,2H3. The molecule has 58 valence electrons. The second-order valence-corrected chi connectivity index (χ2v) is 3.54. The summed E-state index contributed by atoms with van der Waals surface area (Å²) in [4.78, 5) is 0. The van der Waals surface area contributed by atoms with E-state index in [9.17, 15) is 5.11 Å². The molecular formula is C9H16O. The van der Waals surface area contributed by atoms with Gasteiger partial charge < -0.3 is 5.11 Å². The van der Waals surface area contributed by atoms with Gasteiger partial charge >= 0.3 is 0 Å². The average Bonchev–Trinajstić information content (AvgIpc) is 2.36. The second kappa shape index (κ2) is 2.75. The molecule has 0 saturated heterocycles. The fourth-order valence-electron chi connectivity index (χ4n) is 1.76. The maximum atomic E-state index is 9.50. The first-order valence-corrected chi connectivity index (χ1v) is 4.00. The van der Waals surface area contributed by atoms with Crippen molar-refractivity contribution in [3.8, 4) is 0 Å². The summed E-state index contributed by atoms with van der Waals surface area (Å²) >= 11 is 0. The zero-order valence-corrected chi connectivity index (χ0v) is 6.64. The van der Waals surface area contributed by atoms with E-state index in [1.54, 1.807) is 6.08 Å². The molecule has 0 amide bonds. The van der Waals surface area contributed by atoms with E-state index in [2.05, 4.69) is 13.5 Å². The van der Waals surface area contributed by atoms with Crippen LogP contribution in [0, 0.1) is 5.41 Å². The lowest BCUT2D eigenvalue weighted by atomic mass is 9.83. The quantitative estimate of drug-likeness (QED) is 0.582. The van der Waals surface area contributed by atoms with Crippen LogP contribution in [0.4, 0.5) is 0 Å². The maximum Gasteiger partial charge on any atom is 0.0771 e. The zero-order chi connectivity index (χ0) is 7.61. The van der Waals surface area contributed by atoms with Gasteiger partial charge in [-0.05, 0) is 18.3 Å². The first-order chi connectivity index (χ1) is 4.69. The third-order valence-corrected chi connectivity index (χ3v) is 2.68. The number of hydrogen-bond acceptors (Lipinski definition) is 1. The molecule has 0 radical (unpaired) electrons. The minimum Gasteiger partial charge on any atom is -0.388 e. The van der Waals surface area contributed by atoms with Gasteiger partial charge in [0, 0.05) is 0 Å². The van der Waals surface area contributed by atoms with Gasteiger partial charge in [-0.15, -0.1) is 6.58 Å². The van der Waals surface area contributed by atoms with Gasteiger partial charge in [-0.25, -0.2) is 0 Å². The van der Waals surface area contributed by atoms with Crippen molar-refractivity contribution in [2.45, 2.75) is 38.7 Å². The van der Waals surface area contributed by atoms with Crippen LogP contribution < -0.4 is 0 Å². The smallest absolute Gasteiger partial charge is 0.0771 e. The van der Waals surface area contributed by atoms with E-state index in [-0.39, 0.29) is 11.5 Å². The molecule has 0 aromatic carbocycles. The molecule has 1 heteroatoms. The van der Waals surface area contributed by atoms with Gasteiger partial charge in [0.2, 0.25) is 0 Å². The van der Waals surface area contributed by atoms with Crippen LogP contribution in [-0.4, -0.2) is 11.2 Å². The summed E-state index contributed by atoms with van der Waals surface area (Å²) in [5.74, 6) is 0. The summed E-state index contributed by atoms with van der Waals surface area (Å²) in [6.07, 6.45) is 6.20.